The standard InChI is InChI=1S/C25H24Cl2F2N2O2/c1-2-33-25(32)23-24(16-11-12-19(28)18(27)14-16)31(20-10-6-9-17(26)22(20)29)21(30-23)13-15-7-4-3-5-8-15/h6,9-12,14-15H,2-5,7-8,13H2,1H3. The average Bonchev–Trinajstić information content (AvgIpc) is 3.17. The molecule has 3 aromatic rings. The predicted molar refractivity (Wildman–Crippen MR) is 125 cm³/mol. The van der Waals surface area contributed by atoms with Crippen LogP contribution in [0.1, 0.15) is 55.3 Å². The first-order valence-electron chi connectivity index (χ1n) is 11.1. The van der Waals surface area contributed by atoms with Gasteiger partial charge in [-0.3, -0.25) is 4.57 Å². The summed E-state index contributed by atoms with van der Waals surface area (Å²) in [5.41, 5.74) is 0.907. The van der Waals surface area contributed by atoms with Crippen LogP contribution in [-0.2, 0) is 11.2 Å². The molecule has 0 N–H and O–H groups in total. The smallest absolute Gasteiger partial charge is 0.359 e. The molecule has 0 atom stereocenters. The number of rotatable bonds is 6. The van der Waals surface area contributed by atoms with E-state index < -0.39 is 17.6 Å². The summed E-state index contributed by atoms with van der Waals surface area (Å²) >= 11 is 12.2. The van der Waals surface area contributed by atoms with Crippen molar-refractivity contribution >= 4 is 29.2 Å². The number of hydrogen-bond acceptors (Lipinski definition) is 3. The third-order valence-electron chi connectivity index (χ3n) is 5.98. The van der Waals surface area contributed by atoms with Gasteiger partial charge >= 0.3 is 5.97 Å². The second-order valence-electron chi connectivity index (χ2n) is 8.19. The first-order chi connectivity index (χ1) is 15.9. The molecule has 0 spiro atoms. The van der Waals surface area contributed by atoms with Crippen molar-refractivity contribution in [3.63, 3.8) is 0 Å². The zero-order valence-electron chi connectivity index (χ0n) is 18.2. The predicted octanol–water partition coefficient (Wildman–Crippen LogP) is 7.42. The van der Waals surface area contributed by atoms with E-state index >= 15 is 4.39 Å². The Labute approximate surface area is 201 Å². The maximum atomic E-state index is 15.3. The Morgan fingerprint density at radius 2 is 1.88 bits per heavy atom. The summed E-state index contributed by atoms with van der Waals surface area (Å²) in [5, 5.41) is -0.166. The Bertz CT molecular complexity index is 1170. The monoisotopic (exact) mass is 492 g/mol. The number of benzene rings is 2. The SMILES string of the molecule is CCOC(=O)c1nc(CC2CCCCC2)n(-c2cccc(Cl)c2F)c1-c1ccc(F)c(Cl)c1. The van der Waals surface area contributed by atoms with Crippen LogP contribution in [0.25, 0.3) is 16.9 Å². The van der Waals surface area contributed by atoms with Gasteiger partial charge in [0.15, 0.2) is 11.5 Å². The van der Waals surface area contributed by atoms with E-state index in [4.69, 9.17) is 27.9 Å². The fourth-order valence-corrected chi connectivity index (χ4v) is 4.78. The van der Waals surface area contributed by atoms with Crippen LogP contribution in [0.3, 0.4) is 0 Å². The first kappa shape index (κ1) is 23.7. The van der Waals surface area contributed by atoms with Gasteiger partial charge in [0.05, 0.1) is 28.0 Å². The number of ether oxygens (including phenoxy) is 1. The van der Waals surface area contributed by atoms with Crippen LogP contribution >= 0.6 is 23.2 Å². The lowest BCUT2D eigenvalue weighted by molar-refractivity contribution is 0.0521. The van der Waals surface area contributed by atoms with Crippen molar-refractivity contribution in [3.05, 3.63) is 69.6 Å². The molecule has 8 heteroatoms. The maximum Gasteiger partial charge on any atom is 0.359 e. The number of nitrogens with zero attached hydrogens (tertiary/aromatic N) is 2. The van der Waals surface area contributed by atoms with Gasteiger partial charge in [0, 0.05) is 12.0 Å². The topological polar surface area (TPSA) is 44.1 Å². The molecule has 2 aromatic carbocycles. The molecule has 0 aliphatic heterocycles. The highest BCUT2D eigenvalue weighted by Crippen LogP contribution is 2.36. The molecule has 0 saturated heterocycles. The number of aromatic nitrogens is 2. The minimum absolute atomic E-state index is 0.0321. The van der Waals surface area contributed by atoms with Crippen LogP contribution in [0, 0.1) is 17.6 Å². The van der Waals surface area contributed by atoms with E-state index in [2.05, 4.69) is 4.98 Å². The number of carbonyl (C=O) groups excluding carboxylic acids is 1. The Kier molecular flexibility index (Phi) is 7.35. The van der Waals surface area contributed by atoms with Gasteiger partial charge in [-0.1, -0.05) is 61.4 Å². The molecule has 33 heavy (non-hydrogen) atoms. The summed E-state index contributed by atoms with van der Waals surface area (Å²) in [7, 11) is 0. The summed E-state index contributed by atoms with van der Waals surface area (Å²) in [6, 6.07) is 8.77. The normalized spacial score (nSPS) is 14.5. The second-order valence-corrected chi connectivity index (χ2v) is 9.01. The molecule has 1 saturated carbocycles. The van der Waals surface area contributed by atoms with E-state index in [1.165, 1.54) is 30.7 Å². The minimum Gasteiger partial charge on any atom is -0.461 e. The van der Waals surface area contributed by atoms with Gasteiger partial charge in [-0.25, -0.2) is 18.6 Å². The van der Waals surface area contributed by atoms with Gasteiger partial charge in [0.2, 0.25) is 0 Å². The lowest BCUT2D eigenvalue weighted by atomic mass is 9.87. The van der Waals surface area contributed by atoms with Crippen molar-refractivity contribution in [3.8, 4) is 16.9 Å². The summed E-state index contributed by atoms with van der Waals surface area (Å²) < 4.78 is 36.0. The van der Waals surface area contributed by atoms with Crippen molar-refractivity contribution in [1.29, 1.82) is 0 Å². The van der Waals surface area contributed by atoms with Crippen LogP contribution in [0.4, 0.5) is 8.78 Å². The van der Waals surface area contributed by atoms with Gasteiger partial charge in [0.1, 0.15) is 11.6 Å². The first-order valence-corrected chi connectivity index (χ1v) is 11.8. The zero-order chi connectivity index (χ0) is 23.5. The highest BCUT2D eigenvalue weighted by Gasteiger charge is 2.29. The zero-order valence-corrected chi connectivity index (χ0v) is 19.7. The van der Waals surface area contributed by atoms with Crippen molar-refractivity contribution in [2.75, 3.05) is 6.61 Å². The van der Waals surface area contributed by atoms with Crippen molar-refractivity contribution < 1.29 is 18.3 Å². The van der Waals surface area contributed by atoms with Crippen LogP contribution in [0.15, 0.2) is 36.4 Å². The molecular formula is C25H24Cl2F2N2O2. The number of halogens is 4. The van der Waals surface area contributed by atoms with Crippen LogP contribution in [-0.4, -0.2) is 22.1 Å². The molecule has 174 valence electrons. The van der Waals surface area contributed by atoms with E-state index in [0.29, 0.717) is 29.4 Å². The quantitative estimate of drug-likeness (QED) is 0.336. The Hall–Kier alpha value is -2.44. The van der Waals surface area contributed by atoms with E-state index in [9.17, 15) is 9.18 Å². The number of esters is 1. The Morgan fingerprint density at radius 1 is 1.12 bits per heavy atom. The van der Waals surface area contributed by atoms with Crippen LogP contribution in [0.5, 0.6) is 0 Å². The Morgan fingerprint density at radius 3 is 2.58 bits per heavy atom. The molecule has 0 bridgehead atoms. The van der Waals surface area contributed by atoms with Crippen LogP contribution < -0.4 is 0 Å². The fraction of sp³-hybridized carbons (Fsp3) is 0.360. The maximum absolute atomic E-state index is 15.3. The average molecular weight is 493 g/mol. The molecule has 1 aromatic heterocycles. The molecular weight excluding hydrogens is 469 g/mol. The van der Waals surface area contributed by atoms with Gasteiger partial charge < -0.3 is 4.74 Å². The number of hydrogen-bond donors (Lipinski definition) is 0. The van der Waals surface area contributed by atoms with E-state index in [1.807, 2.05) is 0 Å². The number of carbonyl (C=O) groups is 1. The lowest BCUT2D eigenvalue weighted by Crippen LogP contribution is -2.14. The fourth-order valence-electron chi connectivity index (χ4n) is 4.43. The molecule has 1 aliphatic carbocycles. The van der Waals surface area contributed by atoms with Crippen molar-refractivity contribution in [2.24, 2.45) is 5.92 Å². The molecule has 4 rings (SSSR count). The summed E-state index contributed by atoms with van der Waals surface area (Å²) in [5.74, 6) is -0.977. The molecule has 0 unspecified atom stereocenters. The van der Waals surface area contributed by atoms with E-state index in [1.54, 1.807) is 23.6 Å². The Balaban J connectivity index is 1.98. The third kappa shape index (κ3) is 4.92. The largest absolute Gasteiger partial charge is 0.461 e. The molecule has 1 fully saturated rings. The van der Waals surface area contributed by atoms with Gasteiger partial charge in [-0.15, -0.1) is 0 Å². The van der Waals surface area contributed by atoms with E-state index in [0.717, 1.165) is 25.7 Å². The molecule has 0 amide bonds. The minimum atomic E-state index is -0.640. The summed E-state index contributed by atoms with van der Waals surface area (Å²) in [6.07, 6.45) is 6.09. The lowest BCUT2D eigenvalue weighted by Gasteiger charge is -2.22. The van der Waals surface area contributed by atoms with Crippen molar-refractivity contribution in [2.45, 2.75) is 45.4 Å². The summed E-state index contributed by atoms with van der Waals surface area (Å²) in [4.78, 5) is 17.5. The second kappa shape index (κ2) is 10.2. The third-order valence-corrected chi connectivity index (χ3v) is 6.56. The molecule has 1 aliphatic rings. The van der Waals surface area contributed by atoms with E-state index in [-0.39, 0.29) is 28.0 Å². The highest BCUT2D eigenvalue weighted by molar-refractivity contribution is 6.31. The van der Waals surface area contributed by atoms with Gasteiger partial charge in [-0.2, -0.15) is 0 Å². The van der Waals surface area contributed by atoms with Crippen LogP contribution in [0.2, 0.25) is 10.0 Å². The van der Waals surface area contributed by atoms with Crippen molar-refractivity contribution in [1.82, 2.24) is 9.55 Å². The van der Waals surface area contributed by atoms with Gasteiger partial charge in [-0.05, 0) is 43.2 Å². The molecule has 4 nitrogen and oxygen atoms in total. The molecule has 0 radical (unpaired) electrons. The molecule has 1 heterocycles. The number of imidazole rings is 1. The van der Waals surface area contributed by atoms with Gasteiger partial charge in [0.25, 0.3) is 0 Å². The highest BCUT2D eigenvalue weighted by atomic mass is 35.5. The summed E-state index contributed by atoms with van der Waals surface area (Å²) in [6.45, 7) is 1.85.